The van der Waals surface area contributed by atoms with Crippen LogP contribution in [0.5, 0.6) is 0 Å². The fraction of sp³-hybridized carbons (Fsp3) is 0.500. The molecule has 0 unspecified atom stereocenters. The van der Waals surface area contributed by atoms with Crippen molar-refractivity contribution in [2.75, 3.05) is 6.54 Å². The van der Waals surface area contributed by atoms with Crippen LogP contribution in [-0.4, -0.2) is 25.3 Å². The van der Waals surface area contributed by atoms with Crippen molar-refractivity contribution in [1.29, 1.82) is 0 Å². The van der Waals surface area contributed by atoms with Crippen LogP contribution in [0.25, 0.3) is 0 Å². The monoisotopic (exact) mass is 309 g/mol. The summed E-state index contributed by atoms with van der Waals surface area (Å²) < 4.78 is 62.5. The molecule has 0 radical (unpaired) electrons. The minimum absolute atomic E-state index is 0.233. The van der Waals surface area contributed by atoms with Gasteiger partial charge in [0.2, 0.25) is 10.0 Å². The van der Waals surface area contributed by atoms with Gasteiger partial charge in [-0.25, -0.2) is 13.1 Å². The molecule has 0 heterocycles. The fourth-order valence-electron chi connectivity index (χ4n) is 1.70. The Morgan fingerprint density at radius 3 is 2.25 bits per heavy atom. The van der Waals surface area contributed by atoms with E-state index in [1.54, 1.807) is 0 Å². The van der Waals surface area contributed by atoms with Crippen molar-refractivity contribution in [2.45, 2.75) is 30.4 Å². The maximum absolute atomic E-state index is 12.4. The van der Waals surface area contributed by atoms with E-state index in [2.05, 4.69) is 4.72 Å². The first-order valence-corrected chi connectivity index (χ1v) is 7.58. The lowest BCUT2D eigenvalue weighted by molar-refractivity contribution is -0.137. The first kappa shape index (κ1) is 15.3. The number of nitrogens with one attached hydrogen (secondary N) is 1. The Kier molecular flexibility index (Phi) is 4.08. The van der Waals surface area contributed by atoms with Crippen molar-refractivity contribution in [3.8, 4) is 0 Å². The SMILES string of the molecule is O=S(=O)(NC[C@@H](O)c1ccc(C(F)(F)F)cc1)C1CC1. The van der Waals surface area contributed by atoms with Gasteiger partial charge in [0, 0.05) is 6.54 Å². The second-order valence-electron chi connectivity index (χ2n) is 4.73. The average molecular weight is 309 g/mol. The molecule has 1 aromatic rings. The number of halogens is 3. The standard InChI is InChI=1S/C12H14F3NO3S/c13-12(14,15)9-3-1-8(2-4-9)11(17)7-16-20(18,19)10-5-6-10/h1-4,10-11,16-17H,5-7H2/t11-/m1/s1. The highest BCUT2D eigenvalue weighted by molar-refractivity contribution is 7.90. The Labute approximate surface area is 114 Å². The Morgan fingerprint density at radius 1 is 1.25 bits per heavy atom. The number of aliphatic hydroxyl groups excluding tert-OH is 1. The molecular weight excluding hydrogens is 295 g/mol. The summed E-state index contributed by atoms with van der Waals surface area (Å²) in [5, 5.41) is 9.37. The van der Waals surface area contributed by atoms with Gasteiger partial charge >= 0.3 is 6.18 Å². The normalized spacial score (nSPS) is 18.0. The van der Waals surface area contributed by atoms with Crippen molar-refractivity contribution >= 4 is 10.0 Å². The Bertz CT molecular complexity index is 565. The zero-order valence-corrected chi connectivity index (χ0v) is 11.2. The topological polar surface area (TPSA) is 66.4 Å². The van der Waals surface area contributed by atoms with Gasteiger partial charge in [-0.1, -0.05) is 12.1 Å². The van der Waals surface area contributed by atoms with E-state index in [0.717, 1.165) is 24.3 Å². The van der Waals surface area contributed by atoms with Gasteiger partial charge in [-0.3, -0.25) is 0 Å². The zero-order chi connectivity index (χ0) is 15.0. The molecule has 0 aliphatic heterocycles. The molecule has 0 spiro atoms. The summed E-state index contributed by atoms with van der Waals surface area (Å²) in [6.07, 6.45) is -4.40. The van der Waals surface area contributed by atoms with E-state index in [-0.39, 0.29) is 12.1 Å². The molecule has 112 valence electrons. The average Bonchev–Trinajstić information content (AvgIpc) is 3.20. The van der Waals surface area contributed by atoms with E-state index in [9.17, 15) is 26.7 Å². The largest absolute Gasteiger partial charge is 0.416 e. The number of hydrogen-bond donors (Lipinski definition) is 2. The van der Waals surface area contributed by atoms with Crippen molar-refractivity contribution in [2.24, 2.45) is 0 Å². The van der Waals surface area contributed by atoms with Crippen molar-refractivity contribution in [3.05, 3.63) is 35.4 Å². The van der Waals surface area contributed by atoms with Crippen LogP contribution in [0.2, 0.25) is 0 Å². The van der Waals surface area contributed by atoms with E-state index in [1.165, 1.54) is 0 Å². The molecule has 2 rings (SSSR count). The number of alkyl halides is 3. The van der Waals surface area contributed by atoms with Crippen LogP contribution < -0.4 is 4.72 Å². The van der Waals surface area contributed by atoms with Crippen molar-refractivity contribution in [1.82, 2.24) is 4.72 Å². The van der Waals surface area contributed by atoms with Crippen molar-refractivity contribution in [3.63, 3.8) is 0 Å². The van der Waals surface area contributed by atoms with Gasteiger partial charge in [-0.15, -0.1) is 0 Å². The second kappa shape index (κ2) is 5.34. The molecule has 4 nitrogen and oxygen atoms in total. The quantitative estimate of drug-likeness (QED) is 0.872. The van der Waals surface area contributed by atoms with Gasteiger partial charge in [0.15, 0.2) is 0 Å². The van der Waals surface area contributed by atoms with Crippen LogP contribution >= 0.6 is 0 Å². The van der Waals surface area contributed by atoms with Gasteiger partial charge in [0.1, 0.15) is 0 Å². The summed E-state index contributed by atoms with van der Waals surface area (Å²) in [6.45, 7) is -0.246. The lowest BCUT2D eigenvalue weighted by Crippen LogP contribution is -2.31. The molecule has 20 heavy (non-hydrogen) atoms. The van der Waals surface area contributed by atoms with Crippen molar-refractivity contribution < 1.29 is 26.7 Å². The van der Waals surface area contributed by atoms with Crippen LogP contribution in [0.15, 0.2) is 24.3 Å². The maximum Gasteiger partial charge on any atom is 0.416 e. The number of sulfonamides is 1. The number of benzene rings is 1. The summed E-state index contributed by atoms with van der Waals surface area (Å²) in [7, 11) is -3.41. The lowest BCUT2D eigenvalue weighted by atomic mass is 10.1. The maximum atomic E-state index is 12.4. The zero-order valence-electron chi connectivity index (χ0n) is 10.4. The number of aliphatic hydroxyl groups is 1. The predicted molar refractivity (Wildman–Crippen MR) is 66.3 cm³/mol. The van der Waals surface area contributed by atoms with Gasteiger partial charge < -0.3 is 5.11 Å². The number of rotatable bonds is 5. The van der Waals surface area contributed by atoms with Gasteiger partial charge in [0.05, 0.1) is 16.9 Å². The molecule has 1 aromatic carbocycles. The van der Waals surface area contributed by atoms with Crippen LogP contribution in [0.4, 0.5) is 13.2 Å². The van der Waals surface area contributed by atoms with E-state index >= 15 is 0 Å². The van der Waals surface area contributed by atoms with Crippen LogP contribution in [-0.2, 0) is 16.2 Å². The highest BCUT2D eigenvalue weighted by Gasteiger charge is 2.35. The van der Waals surface area contributed by atoms with E-state index in [4.69, 9.17) is 0 Å². The molecule has 1 aliphatic rings. The number of hydrogen-bond acceptors (Lipinski definition) is 3. The van der Waals surface area contributed by atoms with E-state index < -0.39 is 33.1 Å². The summed E-state index contributed by atoms with van der Waals surface area (Å²) in [5.41, 5.74) is -0.580. The van der Waals surface area contributed by atoms with Crippen LogP contribution in [0.1, 0.15) is 30.1 Å². The Hall–Kier alpha value is -1.12. The Morgan fingerprint density at radius 2 is 1.80 bits per heavy atom. The van der Waals surface area contributed by atoms with E-state index in [1.807, 2.05) is 0 Å². The molecule has 1 atom stereocenters. The molecule has 2 N–H and O–H groups in total. The summed E-state index contributed by atoms with van der Waals surface area (Å²) in [6, 6.07) is 3.99. The third kappa shape index (κ3) is 3.71. The minimum Gasteiger partial charge on any atom is -0.387 e. The molecule has 8 heteroatoms. The van der Waals surface area contributed by atoms with Gasteiger partial charge in [-0.05, 0) is 30.5 Å². The second-order valence-corrected chi connectivity index (χ2v) is 6.77. The molecule has 0 aromatic heterocycles. The molecule has 0 saturated heterocycles. The summed E-state index contributed by atoms with van der Waals surface area (Å²) in [4.78, 5) is 0. The molecule has 0 bridgehead atoms. The first-order valence-electron chi connectivity index (χ1n) is 6.04. The fourth-order valence-corrected chi connectivity index (χ4v) is 3.09. The highest BCUT2D eigenvalue weighted by atomic mass is 32.2. The molecule has 1 fully saturated rings. The predicted octanol–water partition coefficient (Wildman–Crippen LogP) is 1.82. The molecule has 1 aliphatic carbocycles. The summed E-state index contributed by atoms with van der Waals surface area (Å²) in [5.74, 6) is 0. The molecule has 1 saturated carbocycles. The lowest BCUT2D eigenvalue weighted by Gasteiger charge is -2.13. The summed E-state index contributed by atoms with van der Waals surface area (Å²) >= 11 is 0. The van der Waals surface area contributed by atoms with Gasteiger partial charge in [0.25, 0.3) is 0 Å². The molecule has 0 amide bonds. The van der Waals surface area contributed by atoms with Crippen LogP contribution in [0, 0.1) is 0 Å². The Balaban J connectivity index is 1.97. The van der Waals surface area contributed by atoms with Crippen LogP contribution in [0.3, 0.4) is 0 Å². The first-order chi connectivity index (χ1) is 9.20. The smallest absolute Gasteiger partial charge is 0.387 e. The van der Waals surface area contributed by atoms with E-state index in [0.29, 0.717) is 12.8 Å². The highest BCUT2D eigenvalue weighted by Crippen LogP contribution is 2.30. The molecular formula is C12H14F3NO3S. The van der Waals surface area contributed by atoms with Gasteiger partial charge in [-0.2, -0.15) is 13.2 Å². The third-order valence-electron chi connectivity index (χ3n) is 3.06. The third-order valence-corrected chi connectivity index (χ3v) is 4.98. The minimum atomic E-state index is -4.43.